The molecule has 0 aliphatic heterocycles. The van der Waals surface area contributed by atoms with Crippen LogP contribution in [0.4, 0.5) is 0 Å². The third-order valence-electron chi connectivity index (χ3n) is 5.16. The molecular formula is C26H23Cl2N5OS. The maximum absolute atomic E-state index is 12.4. The van der Waals surface area contributed by atoms with Crippen molar-refractivity contribution >= 4 is 47.1 Å². The summed E-state index contributed by atoms with van der Waals surface area (Å²) in [6.45, 7) is 4.29. The molecule has 0 radical (unpaired) electrons. The van der Waals surface area contributed by atoms with Gasteiger partial charge in [-0.2, -0.15) is 5.10 Å². The van der Waals surface area contributed by atoms with E-state index < -0.39 is 0 Å². The molecule has 0 atom stereocenters. The molecule has 0 aliphatic carbocycles. The lowest BCUT2D eigenvalue weighted by Gasteiger charge is -2.10. The van der Waals surface area contributed by atoms with Gasteiger partial charge in [-0.1, -0.05) is 73.1 Å². The molecule has 0 bridgehead atoms. The van der Waals surface area contributed by atoms with Gasteiger partial charge in [0.1, 0.15) is 0 Å². The maximum atomic E-state index is 12.4. The second-order valence-corrected chi connectivity index (χ2v) is 9.84. The van der Waals surface area contributed by atoms with Crippen LogP contribution < -0.4 is 5.43 Å². The third-order valence-corrected chi connectivity index (χ3v) is 6.59. The molecule has 1 heterocycles. The van der Waals surface area contributed by atoms with Crippen molar-refractivity contribution in [3.8, 4) is 17.1 Å². The Bertz CT molecular complexity index is 1320. The molecule has 178 valence electrons. The number of benzene rings is 3. The summed E-state index contributed by atoms with van der Waals surface area (Å²) in [6, 6.07) is 22.8. The molecule has 0 aliphatic rings. The Labute approximate surface area is 218 Å². The summed E-state index contributed by atoms with van der Waals surface area (Å²) in [7, 11) is 0. The van der Waals surface area contributed by atoms with Crippen LogP contribution in [0, 0.1) is 0 Å². The number of hydrazone groups is 1. The second-order valence-electron chi connectivity index (χ2n) is 8.03. The first-order valence-corrected chi connectivity index (χ1v) is 12.7. The van der Waals surface area contributed by atoms with Crippen molar-refractivity contribution in [3.05, 3.63) is 94.0 Å². The third kappa shape index (κ3) is 6.51. The van der Waals surface area contributed by atoms with E-state index in [0.717, 1.165) is 16.8 Å². The van der Waals surface area contributed by atoms with E-state index in [2.05, 4.69) is 46.7 Å². The van der Waals surface area contributed by atoms with Crippen molar-refractivity contribution in [1.82, 2.24) is 20.2 Å². The number of carbonyl (C=O) groups is 1. The Hall–Kier alpha value is -3.13. The molecule has 35 heavy (non-hydrogen) atoms. The number of hydrogen-bond acceptors (Lipinski definition) is 5. The van der Waals surface area contributed by atoms with Gasteiger partial charge in [0.2, 0.25) is 0 Å². The normalized spacial score (nSPS) is 11.3. The Morgan fingerprint density at radius 1 is 0.971 bits per heavy atom. The Morgan fingerprint density at radius 3 is 2.23 bits per heavy atom. The van der Waals surface area contributed by atoms with Crippen molar-refractivity contribution < 1.29 is 4.79 Å². The number of nitrogens with one attached hydrogen (secondary N) is 1. The van der Waals surface area contributed by atoms with Crippen LogP contribution in [0.25, 0.3) is 17.1 Å². The second kappa shape index (κ2) is 11.5. The summed E-state index contributed by atoms with van der Waals surface area (Å²) < 4.78 is 1.89. The highest BCUT2D eigenvalue weighted by Gasteiger charge is 2.17. The predicted octanol–water partition coefficient (Wildman–Crippen LogP) is 6.61. The van der Waals surface area contributed by atoms with Crippen LogP contribution in [0.5, 0.6) is 0 Å². The largest absolute Gasteiger partial charge is 0.272 e. The van der Waals surface area contributed by atoms with E-state index in [9.17, 15) is 4.79 Å². The molecule has 0 saturated heterocycles. The van der Waals surface area contributed by atoms with Crippen LogP contribution in [-0.2, 0) is 4.79 Å². The van der Waals surface area contributed by atoms with Gasteiger partial charge >= 0.3 is 0 Å². The van der Waals surface area contributed by atoms with Gasteiger partial charge in [-0.15, -0.1) is 10.2 Å². The SMILES string of the molecule is CC(C)c1ccc(/C=N/NC(=O)CSc2nnc(-c3ccc(Cl)cc3)n2-c2ccc(Cl)cc2)cc1. The lowest BCUT2D eigenvalue weighted by molar-refractivity contribution is -0.118. The average molecular weight is 524 g/mol. The van der Waals surface area contributed by atoms with E-state index >= 15 is 0 Å². The highest BCUT2D eigenvalue weighted by atomic mass is 35.5. The summed E-state index contributed by atoms with van der Waals surface area (Å²) in [6.07, 6.45) is 1.63. The summed E-state index contributed by atoms with van der Waals surface area (Å²) in [5, 5.41) is 14.6. The highest BCUT2D eigenvalue weighted by Crippen LogP contribution is 2.29. The smallest absolute Gasteiger partial charge is 0.250 e. The standard InChI is InChI=1S/C26H23Cl2N5OS/c1-17(2)19-5-3-18(4-6-19)15-29-30-24(34)16-35-26-32-31-25(20-7-9-21(27)10-8-20)33(26)23-13-11-22(28)12-14-23/h3-15,17H,16H2,1-2H3,(H,30,34)/b29-15+. The van der Waals surface area contributed by atoms with E-state index in [4.69, 9.17) is 23.2 Å². The van der Waals surface area contributed by atoms with E-state index in [0.29, 0.717) is 26.9 Å². The van der Waals surface area contributed by atoms with Crippen LogP contribution >= 0.6 is 35.0 Å². The fourth-order valence-electron chi connectivity index (χ4n) is 3.28. The summed E-state index contributed by atoms with van der Waals surface area (Å²) in [4.78, 5) is 12.4. The molecule has 4 rings (SSSR count). The summed E-state index contributed by atoms with van der Waals surface area (Å²) in [5.41, 5.74) is 6.42. The number of thioether (sulfide) groups is 1. The van der Waals surface area contributed by atoms with Crippen LogP contribution in [-0.4, -0.2) is 32.6 Å². The Balaban J connectivity index is 1.47. The Morgan fingerprint density at radius 2 is 1.60 bits per heavy atom. The van der Waals surface area contributed by atoms with Crippen LogP contribution in [0.1, 0.15) is 30.9 Å². The van der Waals surface area contributed by atoms with Gasteiger partial charge in [-0.05, 0) is 65.6 Å². The minimum atomic E-state index is -0.247. The summed E-state index contributed by atoms with van der Waals surface area (Å²) in [5.74, 6) is 0.974. The lowest BCUT2D eigenvalue weighted by Crippen LogP contribution is -2.20. The molecule has 4 aromatic rings. The van der Waals surface area contributed by atoms with Crippen molar-refractivity contribution in [2.45, 2.75) is 24.9 Å². The topological polar surface area (TPSA) is 72.2 Å². The molecule has 1 N–H and O–H groups in total. The number of rotatable bonds is 8. The van der Waals surface area contributed by atoms with E-state index in [1.165, 1.54) is 17.3 Å². The van der Waals surface area contributed by atoms with Crippen LogP contribution in [0.3, 0.4) is 0 Å². The van der Waals surface area contributed by atoms with Gasteiger partial charge in [0.05, 0.1) is 12.0 Å². The van der Waals surface area contributed by atoms with Gasteiger partial charge < -0.3 is 0 Å². The number of aromatic nitrogens is 3. The van der Waals surface area contributed by atoms with Crippen LogP contribution in [0.15, 0.2) is 83.1 Å². The number of amides is 1. The molecule has 0 spiro atoms. The average Bonchev–Trinajstić information content (AvgIpc) is 3.28. The number of hydrogen-bond donors (Lipinski definition) is 1. The van der Waals surface area contributed by atoms with Crippen LogP contribution in [0.2, 0.25) is 10.0 Å². The zero-order chi connectivity index (χ0) is 24.8. The van der Waals surface area contributed by atoms with Crippen molar-refractivity contribution in [1.29, 1.82) is 0 Å². The van der Waals surface area contributed by atoms with Gasteiger partial charge in [-0.3, -0.25) is 9.36 Å². The fourth-order valence-corrected chi connectivity index (χ4v) is 4.28. The monoisotopic (exact) mass is 523 g/mol. The first-order valence-electron chi connectivity index (χ1n) is 10.9. The molecule has 0 unspecified atom stereocenters. The van der Waals surface area contributed by atoms with E-state index in [1.54, 1.807) is 30.5 Å². The minimum absolute atomic E-state index is 0.121. The number of halogens is 2. The lowest BCUT2D eigenvalue weighted by atomic mass is 10.0. The van der Waals surface area contributed by atoms with Gasteiger partial charge in [-0.25, -0.2) is 5.43 Å². The molecule has 6 nitrogen and oxygen atoms in total. The van der Waals surface area contributed by atoms with Crippen molar-refractivity contribution in [2.75, 3.05) is 5.75 Å². The molecule has 0 fully saturated rings. The van der Waals surface area contributed by atoms with E-state index in [-0.39, 0.29) is 11.7 Å². The minimum Gasteiger partial charge on any atom is -0.272 e. The molecule has 9 heteroatoms. The molecular weight excluding hydrogens is 501 g/mol. The van der Waals surface area contributed by atoms with Gasteiger partial charge in [0, 0.05) is 21.3 Å². The zero-order valence-corrected chi connectivity index (χ0v) is 21.5. The molecule has 0 saturated carbocycles. The quantitative estimate of drug-likeness (QED) is 0.160. The first-order chi connectivity index (χ1) is 16.9. The number of nitrogens with zero attached hydrogens (tertiary/aromatic N) is 4. The Kier molecular flexibility index (Phi) is 8.23. The fraction of sp³-hybridized carbons (Fsp3) is 0.154. The first kappa shape index (κ1) is 25.0. The molecule has 3 aromatic carbocycles. The highest BCUT2D eigenvalue weighted by molar-refractivity contribution is 7.99. The summed E-state index contributed by atoms with van der Waals surface area (Å²) >= 11 is 13.4. The molecule has 1 aromatic heterocycles. The van der Waals surface area contributed by atoms with Crippen molar-refractivity contribution in [3.63, 3.8) is 0 Å². The zero-order valence-electron chi connectivity index (χ0n) is 19.2. The van der Waals surface area contributed by atoms with Gasteiger partial charge in [0.25, 0.3) is 5.91 Å². The van der Waals surface area contributed by atoms with Crippen molar-refractivity contribution in [2.24, 2.45) is 5.10 Å². The predicted molar refractivity (Wildman–Crippen MR) is 144 cm³/mol. The van der Waals surface area contributed by atoms with E-state index in [1.807, 2.05) is 41.0 Å². The number of carbonyl (C=O) groups excluding carboxylic acids is 1. The maximum Gasteiger partial charge on any atom is 0.250 e. The van der Waals surface area contributed by atoms with Gasteiger partial charge in [0.15, 0.2) is 11.0 Å². The molecule has 1 amide bonds.